The van der Waals surface area contributed by atoms with Crippen molar-refractivity contribution in [2.75, 3.05) is 5.32 Å². The minimum absolute atomic E-state index is 0.643. The lowest BCUT2D eigenvalue weighted by atomic mass is 10.1. The van der Waals surface area contributed by atoms with Gasteiger partial charge in [0.05, 0.1) is 5.69 Å². The lowest BCUT2D eigenvalue weighted by Gasteiger charge is -2.13. The summed E-state index contributed by atoms with van der Waals surface area (Å²) in [6.45, 7) is 9.97. The molecule has 2 aromatic rings. The highest BCUT2D eigenvalue weighted by molar-refractivity contribution is 7.80. The van der Waals surface area contributed by atoms with Crippen molar-refractivity contribution < 1.29 is 0 Å². The highest BCUT2D eigenvalue weighted by Crippen LogP contribution is 2.16. The van der Waals surface area contributed by atoms with Gasteiger partial charge in [0.25, 0.3) is 0 Å². The van der Waals surface area contributed by atoms with Gasteiger partial charge >= 0.3 is 0 Å². The Hall–Kier alpha value is -1.88. The first-order valence-corrected chi connectivity index (χ1v) is 8.13. The molecule has 0 aliphatic rings. The maximum atomic E-state index is 5.42. The van der Waals surface area contributed by atoms with Crippen LogP contribution in [0.4, 0.5) is 5.69 Å². The predicted molar refractivity (Wildman–Crippen MR) is 96.3 cm³/mol. The maximum absolute atomic E-state index is 5.42. The van der Waals surface area contributed by atoms with Gasteiger partial charge in [-0.1, -0.05) is 25.1 Å². The van der Waals surface area contributed by atoms with E-state index >= 15 is 0 Å². The van der Waals surface area contributed by atoms with Gasteiger partial charge in [0, 0.05) is 30.0 Å². The number of thiocarbonyl (C=S) groups is 1. The summed E-state index contributed by atoms with van der Waals surface area (Å²) in [5.41, 5.74) is 5.81. The fraction of sp³-hybridized carbons (Fsp3) is 0.412. The van der Waals surface area contributed by atoms with Crippen LogP contribution in [-0.2, 0) is 19.5 Å². The molecule has 0 aliphatic carbocycles. The SMILES string of the molecule is CCc1ccccc1NC(=S)NCc1c(C)nn(CC)c1C. The molecule has 1 heterocycles. The third-order valence-corrected chi connectivity index (χ3v) is 4.15. The summed E-state index contributed by atoms with van der Waals surface area (Å²) < 4.78 is 2.02. The molecule has 0 spiro atoms. The highest BCUT2D eigenvalue weighted by Gasteiger charge is 2.11. The number of nitrogens with zero attached hydrogens (tertiary/aromatic N) is 2. The Labute approximate surface area is 137 Å². The van der Waals surface area contributed by atoms with E-state index in [9.17, 15) is 0 Å². The number of aryl methyl sites for hydroxylation is 3. The molecule has 0 fully saturated rings. The second-order valence-electron chi connectivity index (χ2n) is 5.28. The molecule has 1 aromatic carbocycles. The fourth-order valence-corrected chi connectivity index (χ4v) is 2.77. The van der Waals surface area contributed by atoms with Crippen LogP contribution in [0.1, 0.15) is 36.4 Å². The van der Waals surface area contributed by atoms with E-state index in [4.69, 9.17) is 12.2 Å². The predicted octanol–water partition coefficient (Wildman–Crippen LogP) is 3.57. The van der Waals surface area contributed by atoms with Crippen molar-refractivity contribution in [2.24, 2.45) is 0 Å². The monoisotopic (exact) mass is 316 g/mol. The molecule has 0 radical (unpaired) electrons. The van der Waals surface area contributed by atoms with Crippen LogP contribution in [0.3, 0.4) is 0 Å². The molecule has 0 saturated heterocycles. The summed E-state index contributed by atoms with van der Waals surface area (Å²) in [5, 5.41) is 11.7. The molecule has 22 heavy (non-hydrogen) atoms. The minimum atomic E-state index is 0.643. The van der Waals surface area contributed by atoms with Gasteiger partial charge in [-0.2, -0.15) is 5.10 Å². The summed E-state index contributed by atoms with van der Waals surface area (Å²) in [6, 6.07) is 8.24. The Bertz CT molecular complexity index is 661. The van der Waals surface area contributed by atoms with Crippen LogP contribution in [0.5, 0.6) is 0 Å². The summed E-state index contributed by atoms with van der Waals surface area (Å²) >= 11 is 5.42. The molecule has 4 nitrogen and oxygen atoms in total. The molecule has 118 valence electrons. The number of benzene rings is 1. The van der Waals surface area contributed by atoms with Gasteiger partial charge in [-0.15, -0.1) is 0 Å². The molecule has 0 unspecified atom stereocenters. The van der Waals surface area contributed by atoms with Crippen molar-refractivity contribution in [1.82, 2.24) is 15.1 Å². The smallest absolute Gasteiger partial charge is 0.171 e. The van der Waals surface area contributed by atoms with Crippen molar-refractivity contribution in [3.63, 3.8) is 0 Å². The van der Waals surface area contributed by atoms with E-state index in [1.54, 1.807) is 0 Å². The number of anilines is 1. The van der Waals surface area contributed by atoms with E-state index in [1.165, 1.54) is 16.8 Å². The normalized spacial score (nSPS) is 10.5. The average molecular weight is 316 g/mol. The first-order chi connectivity index (χ1) is 10.6. The van der Waals surface area contributed by atoms with Gasteiger partial charge < -0.3 is 10.6 Å². The summed E-state index contributed by atoms with van der Waals surface area (Å²) in [4.78, 5) is 0. The van der Waals surface area contributed by atoms with Crippen LogP contribution in [0.15, 0.2) is 24.3 Å². The zero-order chi connectivity index (χ0) is 16.1. The number of hydrogen-bond acceptors (Lipinski definition) is 2. The molecule has 0 atom stereocenters. The maximum Gasteiger partial charge on any atom is 0.171 e. The first kappa shape index (κ1) is 16.5. The molecule has 0 saturated carbocycles. The van der Waals surface area contributed by atoms with Crippen LogP contribution in [-0.4, -0.2) is 14.9 Å². The Morgan fingerprint density at radius 3 is 2.59 bits per heavy atom. The summed E-state index contributed by atoms with van der Waals surface area (Å²) in [5.74, 6) is 0. The molecule has 2 N–H and O–H groups in total. The van der Waals surface area contributed by atoms with E-state index in [-0.39, 0.29) is 0 Å². The van der Waals surface area contributed by atoms with Gasteiger partial charge in [0.15, 0.2) is 5.11 Å². The van der Waals surface area contributed by atoms with E-state index in [0.29, 0.717) is 11.7 Å². The first-order valence-electron chi connectivity index (χ1n) is 7.72. The lowest BCUT2D eigenvalue weighted by molar-refractivity contribution is 0.633. The van der Waals surface area contributed by atoms with Gasteiger partial charge in [-0.3, -0.25) is 4.68 Å². The van der Waals surface area contributed by atoms with E-state index in [0.717, 1.165) is 24.3 Å². The van der Waals surface area contributed by atoms with Crippen molar-refractivity contribution in [3.05, 3.63) is 46.8 Å². The second-order valence-corrected chi connectivity index (χ2v) is 5.69. The number of para-hydroxylation sites is 1. The summed E-state index contributed by atoms with van der Waals surface area (Å²) in [7, 11) is 0. The average Bonchev–Trinajstić information content (AvgIpc) is 2.80. The van der Waals surface area contributed by atoms with Gasteiger partial charge in [0.2, 0.25) is 0 Å². The largest absolute Gasteiger partial charge is 0.358 e. The van der Waals surface area contributed by atoms with E-state index in [2.05, 4.69) is 48.6 Å². The Balaban J connectivity index is 2.00. The number of nitrogens with one attached hydrogen (secondary N) is 2. The molecule has 2 rings (SSSR count). The Morgan fingerprint density at radius 1 is 1.23 bits per heavy atom. The standard InChI is InChI=1S/C17H24N4S/c1-5-14-9-7-8-10-16(14)19-17(22)18-11-15-12(3)20-21(6-2)13(15)4/h7-10H,5-6,11H2,1-4H3,(H2,18,19,22). The number of aromatic nitrogens is 2. The quantitative estimate of drug-likeness (QED) is 0.828. The van der Waals surface area contributed by atoms with Crippen LogP contribution in [0, 0.1) is 13.8 Å². The topological polar surface area (TPSA) is 41.9 Å². The Morgan fingerprint density at radius 2 is 1.95 bits per heavy atom. The zero-order valence-electron chi connectivity index (χ0n) is 13.7. The van der Waals surface area contributed by atoms with Crippen LogP contribution >= 0.6 is 12.2 Å². The fourth-order valence-electron chi connectivity index (χ4n) is 2.58. The summed E-state index contributed by atoms with van der Waals surface area (Å²) in [6.07, 6.45) is 0.979. The highest BCUT2D eigenvalue weighted by atomic mass is 32.1. The van der Waals surface area contributed by atoms with Gasteiger partial charge in [-0.25, -0.2) is 0 Å². The van der Waals surface area contributed by atoms with Gasteiger partial charge in [0.1, 0.15) is 0 Å². The van der Waals surface area contributed by atoms with Crippen LogP contribution < -0.4 is 10.6 Å². The molecule has 1 aromatic heterocycles. The molecular formula is C17H24N4S. The third-order valence-electron chi connectivity index (χ3n) is 3.90. The second kappa shape index (κ2) is 7.40. The van der Waals surface area contributed by atoms with Crippen molar-refractivity contribution >= 4 is 23.0 Å². The van der Waals surface area contributed by atoms with Gasteiger partial charge in [-0.05, 0) is 51.0 Å². The minimum Gasteiger partial charge on any atom is -0.358 e. The number of hydrogen-bond donors (Lipinski definition) is 2. The molecule has 5 heteroatoms. The molecular weight excluding hydrogens is 292 g/mol. The van der Waals surface area contributed by atoms with Crippen LogP contribution in [0.2, 0.25) is 0 Å². The third kappa shape index (κ3) is 3.65. The van der Waals surface area contributed by atoms with Crippen LogP contribution in [0.25, 0.3) is 0 Å². The molecule has 0 amide bonds. The molecule has 0 bridgehead atoms. The Kier molecular flexibility index (Phi) is 5.55. The lowest BCUT2D eigenvalue weighted by Crippen LogP contribution is -2.28. The van der Waals surface area contributed by atoms with Crippen molar-refractivity contribution in [2.45, 2.75) is 47.2 Å². The van der Waals surface area contributed by atoms with Crippen molar-refractivity contribution in [1.29, 1.82) is 0 Å². The number of rotatable bonds is 5. The zero-order valence-corrected chi connectivity index (χ0v) is 14.5. The van der Waals surface area contributed by atoms with E-state index in [1.807, 2.05) is 23.7 Å². The van der Waals surface area contributed by atoms with E-state index < -0.39 is 0 Å². The molecule has 0 aliphatic heterocycles. The van der Waals surface area contributed by atoms with Crippen molar-refractivity contribution in [3.8, 4) is 0 Å².